The van der Waals surface area contributed by atoms with E-state index in [4.69, 9.17) is 15.9 Å². The predicted octanol–water partition coefficient (Wildman–Crippen LogP) is 5.34. The highest BCUT2D eigenvalue weighted by atomic mass is 16.3. The van der Waals surface area contributed by atoms with Crippen LogP contribution in [0.3, 0.4) is 0 Å². The van der Waals surface area contributed by atoms with Crippen LogP contribution in [0, 0.1) is 0 Å². The summed E-state index contributed by atoms with van der Waals surface area (Å²) in [6, 6.07) is 0. The van der Waals surface area contributed by atoms with Crippen molar-refractivity contribution in [2.24, 2.45) is 5.73 Å². The van der Waals surface area contributed by atoms with Crippen molar-refractivity contribution in [3.8, 4) is 0 Å². The minimum absolute atomic E-state index is 0.139. The van der Waals surface area contributed by atoms with Crippen molar-refractivity contribution in [1.29, 1.82) is 0 Å². The van der Waals surface area contributed by atoms with Gasteiger partial charge in [0.15, 0.2) is 0 Å². The first-order valence-electron chi connectivity index (χ1n) is 10.3. The van der Waals surface area contributed by atoms with Crippen molar-refractivity contribution < 1.29 is 10.2 Å². The standard InChI is InChI=1S/C18H37N.C3H8O2/c1-2-3-4-5-6-7-8-9-10-11-12-13-14-15-16-17-18-19;1-3(5)2-4/h9-10H,2-8,11-19H2,1H3;3-5H,2H2,1H3/b10-9-;. The smallest absolute Gasteiger partial charge is 0.0742 e. The van der Waals surface area contributed by atoms with Gasteiger partial charge in [-0.05, 0) is 45.6 Å². The van der Waals surface area contributed by atoms with Gasteiger partial charge in [0.05, 0.1) is 12.7 Å². The maximum atomic E-state index is 8.11. The largest absolute Gasteiger partial charge is 0.394 e. The van der Waals surface area contributed by atoms with E-state index in [0.717, 1.165) is 6.54 Å². The molecule has 0 saturated heterocycles. The molecule has 0 amide bonds. The maximum absolute atomic E-state index is 8.11. The first-order chi connectivity index (χ1) is 11.7. The number of unbranched alkanes of at least 4 members (excludes halogenated alkanes) is 12. The van der Waals surface area contributed by atoms with Crippen molar-refractivity contribution in [2.75, 3.05) is 13.2 Å². The number of rotatable bonds is 16. The van der Waals surface area contributed by atoms with Gasteiger partial charge in [-0.25, -0.2) is 0 Å². The molecule has 0 aliphatic carbocycles. The molecule has 0 aliphatic rings. The van der Waals surface area contributed by atoms with E-state index in [1.807, 2.05) is 0 Å². The molecule has 146 valence electrons. The summed E-state index contributed by atoms with van der Waals surface area (Å²) in [5.41, 5.74) is 5.47. The summed E-state index contributed by atoms with van der Waals surface area (Å²) < 4.78 is 0. The Morgan fingerprint density at radius 3 is 1.50 bits per heavy atom. The molecule has 0 bridgehead atoms. The molecule has 24 heavy (non-hydrogen) atoms. The molecule has 3 nitrogen and oxygen atoms in total. The van der Waals surface area contributed by atoms with Crippen LogP contribution >= 0.6 is 0 Å². The fourth-order valence-corrected chi connectivity index (χ4v) is 2.39. The molecular formula is C21H45NO2. The predicted molar refractivity (Wildman–Crippen MR) is 107 cm³/mol. The van der Waals surface area contributed by atoms with E-state index in [1.54, 1.807) is 0 Å². The van der Waals surface area contributed by atoms with Crippen molar-refractivity contribution in [2.45, 2.75) is 110 Å². The third kappa shape index (κ3) is 29.6. The van der Waals surface area contributed by atoms with Crippen LogP contribution in [0.1, 0.15) is 104 Å². The van der Waals surface area contributed by atoms with Crippen LogP contribution in [0.5, 0.6) is 0 Å². The first kappa shape index (κ1) is 25.9. The molecule has 0 heterocycles. The van der Waals surface area contributed by atoms with Gasteiger partial charge in [-0.2, -0.15) is 0 Å². The van der Waals surface area contributed by atoms with Crippen LogP contribution in [-0.2, 0) is 0 Å². The lowest BCUT2D eigenvalue weighted by molar-refractivity contribution is 0.110. The fourth-order valence-electron chi connectivity index (χ4n) is 2.39. The van der Waals surface area contributed by atoms with E-state index in [-0.39, 0.29) is 6.61 Å². The third-order valence-corrected chi connectivity index (χ3v) is 3.98. The van der Waals surface area contributed by atoms with Gasteiger partial charge in [-0.3, -0.25) is 0 Å². The number of allylic oxidation sites excluding steroid dienone is 2. The van der Waals surface area contributed by atoms with Gasteiger partial charge < -0.3 is 15.9 Å². The average molecular weight is 344 g/mol. The molecular weight excluding hydrogens is 298 g/mol. The van der Waals surface area contributed by atoms with E-state index < -0.39 is 6.10 Å². The van der Waals surface area contributed by atoms with E-state index >= 15 is 0 Å². The minimum Gasteiger partial charge on any atom is -0.394 e. The van der Waals surface area contributed by atoms with Crippen molar-refractivity contribution in [1.82, 2.24) is 0 Å². The van der Waals surface area contributed by atoms with Crippen molar-refractivity contribution in [3.05, 3.63) is 12.2 Å². The lowest BCUT2D eigenvalue weighted by Gasteiger charge is -1.99. The molecule has 0 rings (SSSR count). The molecule has 0 spiro atoms. The Morgan fingerprint density at radius 2 is 1.12 bits per heavy atom. The molecule has 3 heteroatoms. The summed E-state index contributed by atoms with van der Waals surface area (Å²) in [6.07, 6.45) is 23.3. The summed E-state index contributed by atoms with van der Waals surface area (Å²) in [5, 5.41) is 16.0. The highest BCUT2D eigenvalue weighted by Crippen LogP contribution is 2.09. The molecule has 0 radical (unpaired) electrons. The average Bonchev–Trinajstić information content (AvgIpc) is 2.59. The normalized spacial score (nSPS) is 12.2. The molecule has 0 saturated carbocycles. The van der Waals surface area contributed by atoms with Gasteiger partial charge in [0.2, 0.25) is 0 Å². The minimum atomic E-state index is -0.560. The lowest BCUT2D eigenvalue weighted by Crippen LogP contribution is -2.03. The molecule has 1 unspecified atom stereocenters. The summed E-state index contributed by atoms with van der Waals surface area (Å²) in [5.74, 6) is 0. The number of aliphatic hydroxyl groups is 2. The second kappa shape index (κ2) is 24.9. The molecule has 4 N–H and O–H groups in total. The molecule has 0 aliphatic heterocycles. The van der Waals surface area contributed by atoms with Crippen LogP contribution in [0.4, 0.5) is 0 Å². The summed E-state index contributed by atoms with van der Waals surface area (Å²) >= 11 is 0. The van der Waals surface area contributed by atoms with Gasteiger partial charge in [-0.1, -0.05) is 76.9 Å². The van der Waals surface area contributed by atoms with Crippen LogP contribution in [0.25, 0.3) is 0 Å². The van der Waals surface area contributed by atoms with Gasteiger partial charge in [0, 0.05) is 0 Å². The molecule has 0 aromatic carbocycles. The van der Waals surface area contributed by atoms with Crippen molar-refractivity contribution >= 4 is 0 Å². The quantitative estimate of drug-likeness (QED) is 0.262. The second-order valence-corrected chi connectivity index (χ2v) is 6.76. The number of nitrogens with two attached hydrogens (primary N) is 1. The maximum Gasteiger partial charge on any atom is 0.0742 e. The summed E-state index contributed by atoms with van der Waals surface area (Å²) in [4.78, 5) is 0. The zero-order chi connectivity index (χ0) is 18.3. The third-order valence-electron chi connectivity index (χ3n) is 3.98. The molecule has 0 aromatic heterocycles. The Labute approximate surface area is 151 Å². The van der Waals surface area contributed by atoms with E-state index in [2.05, 4.69) is 19.1 Å². The number of hydrogen-bond donors (Lipinski definition) is 3. The summed E-state index contributed by atoms with van der Waals surface area (Å²) in [7, 11) is 0. The van der Waals surface area contributed by atoms with Crippen LogP contribution < -0.4 is 5.73 Å². The van der Waals surface area contributed by atoms with Gasteiger partial charge in [0.1, 0.15) is 0 Å². The highest BCUT2D eigenvalue weighted by Gasteiger charge is 1.90. The second-order valence-electron chi connectivity index (χ2n) is 6.76. The topological polar surface area (TPSA) is 66.5 Å². The van der Waals surface area contributed by atoms with Gasteiger partial charge in [0.25, 0.3) is 0 Å². The van der Waals surface area contributed by atoms with Crippen LogP contribution in [0.15, 0.2) is 12.2 Å². The summed E-state index contributed by atoms with van der Waals surface area (Å²) in [6.45, 7) is 4.53. The Hall–Kier alpha value is -0.380. The van der Waals surface area contributed by atoms with E-state index in [0.29, 0.717) is 0 Å². The highest BCUT2D eigenvalue weighted by molar-refractivity contribution is 4.81. The van der Waals surface area contributed by atoms with E-state index in [1.165, 1.54) is 96.8 Å². The van der Waals surface area contributed by atoms with E-state index in [9.17, 15) is 0 Å². The Bertz CT molecular complexity index is 230. The zero-order valence-corrected chi connectivity index (χ0v) is 16.5. The Kier molecular flexibility index (Phi) is 26.8. The molecule has 1 atom stereocenters. The zero-order valence-electron chi connectivity index (χ0n) is 16.5. The lowest BCUT2D eigenvalue weighted by atomic mass is 10.1. The number of hydrogen-bond acceptors (Lipinski definition) is 3. The fraction of sp³-hybridized carbons (Fsp3) is 0.905. The number of aliphatic hydroxyl groups excluding tert-OH is 2. The van der Waals surface area contributed by atoms with Crippen molar-refractivity contribution in [3.63, 3.8) is 0 Å². The monoisotopic (exact) mass is 343 g/mol. The molecule has 0 fully saturated rings. The van der Waals surface area contributed by atoms with Gasteiger partial charge in [-0.15, -0.1) is 0 Å². The SMILES string of the molecule is CC(O)CO.CCCCCCCC/C=C\CCCCCCCCN. The van der Waals surface area contributed by atoms with Crippen LogP contribution in [-0.4, -0.2) is 29.5 Å². The van der Waals surface area contributed by atoms with Crippen LogP contribution in [0.2, 0.25) is 0 Å². The first-order valence-corrected chi connectivity index (χ1v) is 10.3. The van der Waals surface area contributed by atoms with Gasteiger partial charge >= 0.3 is 0 Å². The Balaban J connectivity index is 0. The molecule has 0 aromatic rings. The Morgan fingerprint density at radius 1 is 0.750 bits per heavy atom.